The summed E-state index contributed by atoms with van der Waals surface area (Å²) in [6, 6.07) is 4.91. The van der Waals surface area contributed by atoms with E-state index in [0.29, 0.717) is 12.5 Å². The number of alkyl halides is 3. The van der Waals surface area contributed by atoms with Crippen LogP contribution in [0.15, 0.2) is 24.3 Å². The molecule has 0 radical (unpaired) electrons. The third kappa shape index (κ3) is 5.12. The van der Waals surface area contributed by atoms with E-state index >= 15 is 0 Å². The molecule has 1 aliphatic rings. The summed E-state index contributed by atoms with van der Waals surface area (Å²) in [4.78, 5) is 14.3. The van der Waals surface area contributed by atoms with Gasteiger partial charge in [0.2, 0.25) is 0 Å². The second kappa shape index (κ2) is 7.88. The van der Waals surface area contributed by atoms with Gasteiger partial charge >= 0.3 is 6.18 Å². The van der Waals surface area contributed by atoms with Crippen LogP contribution in [-0.4, -0.2) is 43.6 Å². The maximum Gasteiger partial charge on any atom is 0.419 e. The van der Waals surface area contributed by atoms with Crippen LogP contribution in [-0.2, 0) is 11.0 Å². The SMILES string of the molecule is CC(Oc1ccccc1C(F)(F)F)C(=O)NCC1CCN(C)CC1. The van der Waals surface area contributed by atoms with E-state index < -0.39 is 23.8 Å². The zero-order valence-corrected chi connectivity index (χ0v) is 13.9. The second-order valence-corrected chi connectivity index (χ2v) is 6.25. The number of ether oxygens (including phenoxy) is 1. The number of nitrogens with one attached hydrogen (secondary N) is 1. The first-order valence-corrected chi connectivity index (χ1v) is 8.06. The van der Waals surface area contributed by atoms with E-state index in [4.69, 9.17) is 4.74 Å². The van der Waals surface area contributed by atoms with Crippen LogP contribution in [0.2, 0.25) is 0 Å². The molecule has 0 aliphatic carbocycles. The highest BCUT2D eigenvalue weighted by Crippen LogP contribution is 2.36. The Bertz CT molecular complexity index is 555. The fourth-order valence-corrected chi connectivity index (χ4v) is 2.70. The zero-order chi connectivity index (χ0) is 17.7. The summed E-state index contributed by atoms with van der Waals surface area (Å²) < 4.78 is 44.1. The smallest absolute Gasteiger partial charge is 0.419 e. The van der Waals surface area contributed by atoms with Gasteiger partial charge in [-0.2, -0.15) is 13.2 Å². The number of para-hydroxylation sites is 1. The van der Waals surface area contributed by atoms with Crippen molar-refractivity contribution >= 4 is 5.91 Å². The molecule has 1 fully saturated rings. The molecule has 0 bridgehead atoms. The highest BCUT2D eigenvalue weighted by Gasteiger charge is 2.34. The van der Waals surface area contributed by atoms with Gasteiger partial charge in [-0.1, -0.05) is 12.1 Å². The third-order valence-corrected chi connectivity index (χ3v) is 4.27. The number of nitrogens with zero attached hydrogens (tertiary/aromatic N) is 1. The van der Waals surface area contributed by atoms with Gasteiger partial charge in [0.15, 0.2) is 6.10 Å². The minimum absolute atomic E-state index is 0.327. The molecule has 24 heavy (non-hydrogen) atoms. The first-order valence-electron chi connectivity index (χ1n) is 8.06. The summed E-state index contributed by atoms with van der Waals surface area (Å²) in [5.74, 6) is -0.322. The van der Waals surface area contributed by atoms with Gasteiger partial charge in [-0.15, -0.1) is 0 Å². The molecular weight excluding hydrogens is 321 g/mol. The molecule has 1 heterocycles. The monoisotopic (exact) mass is 344 g/mol. The summed E-state index contributed by atoms with van der Waals surface area (Å²) in [5.41, 5.74) is -0.875. The number of likely N-dealkylation sites (tertiary alicyclic amines) is 1. The number of amides is 1. The number of benzene rings is 1. The summed E-state index contributed by atoms with van der Waals surface area (Å²) in [6.45, 7) is 3.97. The van der Waals surface area contributed by atoms with Crippen molar-refractivity contribution in [1.82, 2.24) is 10.2 Å². The Morgan fingerprint density at radius 1 is 1.33 bits per heavy atom. The lowest BCUT2D eigenvalue weighted by Gasteiger charge is -2.29. The molecular formula is C17H23F3N2O2. The quantitative estimate of drug-likeness (QED) is 0.893. The summed E-state index contributed by atoms with van der Waals surface area (Å²) >= 11 is 0. The van der Waals surface area contributed by atoms with Crippen molar-refractivity contribution in [1.29, 1.82) is 0 Å². The Morgan fingerprint density at radius 2 is 1.96 bits per heavy atom. The van der Waals surface area contributed by atoms with E-state index in [1.54, 1.807) is 0 Å². The topological polar surface area (TPSA) is 41.6 Å². The second-order valence-electron chi connectivity index (χ2n) is 6.25. The van der Waals surface area contributed by atoms with Crippen LogP contribution in [0.3, 0.4) is 0 Å². The van der Waals surface area contributed by atoms with Gasteiger partial charge in [0, 0.05) is 6.54 Å². The Balaban J connectivity index is 1.88. The third-order valence-electron chi connectivity index (χ3n) is 4.27. The molecule has 1 saturated heterocycles. The van der Waals surface area contributed by atoms with Crippen LogP contribution in [0.4, 0.5) is 13.2 Å². The zero-order valence-electron chi connectivity index (χ0n) is 13.9. The molecule has 0 spiro atoms. The normalized spacial score (nSPS) is 18.2. The fourth-order valence-electron chi connectivity index (χ4n) is 2.70. The molecule has 1 aromatic rings. The largest absolute Gasteiger partial charge is 0.480 e. The predicted molar refractivity (Wildman–Crippen MR) is 84.8 cm³/mol. The Hall–Kier alpha value is -1.76. The van der Waals surface area contributed by atoms with Crippen molar-refractivity contribution < 1.29 is 22.7 Å². The number of piperidine rings is 1. The minimum atomic E-state index is -4.51. The van der Waals surface area contributed by atoms with Crippen molar-refractivity contribution in [2.45, 2.75) is 32.0 Å². The number of halogens is 3. The lowest BCUT2D eigenvalue weighted by Crippen LogP contribution is -2.41. The molecule has 2 rings (SSSR count). The number of rotatable bonds is 5. The van der Waals surface area contributed by atoms with Crippen molar-refractivity contribution in [2.75, 3.05) is 26.7 Å². The van der Waals surface area contributed by atoms with Crippen LogP contribution >= 0.6 is 0 Å². The average Bonchev–Trinajstić information content (AvgIpc) is 2.53. The summed E-state index contributed by atoms with van der Waals surface area (Å²) in [7, 11) is 2.06. The van der Waals surface area contributed by atoms with Crippen LogP contribution in [0.1, 0.15) is 25.3 Å². The number of carbonyl (C=O) groups is 1. The molecule has 0 saturated carbocycles. The van der Waals surface area contributed by atoms with Crippen molar-refractivity contribution in [3.63, 3.8) is 0 Å². The lowest BCUT2D eigenvalue weighted by molar-refractivity contribution is -0.140. The molecule has 7 heteroatoms. The van der Waals surface area contributed by atoms with Gasteiger partial charge in [-0.25, -0.2) is 0 Å². The fraction of sp³-hybridized carbons (Fsp3) is 0.588. The first kappa shape index (κ1) is 18.6. The van der Waals surface area contributed by atoms with Crippen LogP contribution < -0.4 is 10.1 Å². The molecule has 1 aromatic carbocycles. The van der Waals surface area contributed by atoms with E-state index in [1.165, 1.54) is 25.1 Å². The van der Waals surface area contributed by atoms with E-state index in [2.05, 4.69) is 17.3 Å². The van der Waals surface area contributed by atoms with Crippen molar-refractivity contribution in [2.24, 2.45) is 5.92 Å². The van der Waals surface area contributed by atoms with Crippen LogP contribution in [0, 0.1) is 5.92 Å². The first-order chi connectivity index (χ1) is 11.3. The van der Waals surface area contributed by atoms with Gasteiger partial charge in [-0.05, 0) is 58.0 Å². The lowest BCUT2D eigenvalue weighted by atomic mass is 9.97. The van der Waals surface area contributed by atoms with Gasteiger partial charge < -0.3 is 15.0 Å². The standard InChI is InChI=1S/C17H23F3N2O2/c1-12(16(23)21-11-13-7-9-22(2)10-8-13)24-15-6-4-3-5-14(15)17(18,19)20/h3-6,12-13H,7-11H2,1-2H3,(H,21,23). The molecule has 1 aliphatic heterocycles. The Morgan fingerprint density at radius 3 is 2.58 bits per heavy atom. The molecule has 1 atom stereocenters. The molecule has 134 valence electrons. The molecule has 1 unspecified atom stereocenters. The van der Waals surface area contributed by atoms with Gasteiger partial charge in [0.25, 0.3) is 5.91 Å². The van der Waals surface area contributed by atoms with E-state index in [9.17, 15) is 18.0 Å². The summed E-state index contributed by atoms with van der Waals surface area (Å²) in [5, 5.41) is 2.78. The Kier molecular flexibility index (Phi) is 6.10. The molecule has 1 N–H and O–H groups in total. The Labute approximate surface area is 140 Å². The van der Waals surface area contributed by atoms with E-state index in [-0.39, 0.29) is 5.75 Å². The van der Waals surface area contributed by atoms with Gasteiger partial charge in [0.1, 0.15) is 5.75 Å². The number of carbonyl (C=O) groups excluding carboxylic acids is 1. The van der Waals surface area contributed by atoms with Crippen molar-refractivity contribution in [3.05, 3.63) is 29.8 Å². The maximum atomic E-state index is 12.9. The average molecular weight is 344 g/mol. The predicted octanol–water partition coefficient (Wildman–Crippen LogP) is 2.93. The van der Waals surface area contributed by atoms with E-state index in [0.717, 1.165) is 32.0 Å². The summed E-state index contributed by atoms with van der Waals surface area (Å²) in [6.07, 6.45) is -3.49. The molecule has 4 nitrogen and oxygen atoms in total. The minimum Gasteiger partial charge on any atom is -0.480 e. The van der Waals surface area contributed by atoms with Gasteiger partial charge in [0.05, 0.1) is 5.56 Å². The van der Waals surface area contributed by atoms with Gasteiger partial charge in [-0.3, -0.25) is 4.79 Å². The van der Waals surface area contributed by atoms with Crippen LogP contribution in [0.5, 0.6) is 5.75 Å². The van der Waals surface area contributed by atoms with E-state index in [1.807, 2.05) is 0 Å². The molecule has 0 aromatic heterocycles. The van der Waals surface area contributed by atoms with Crippen molar-refractivity contribution in [3.8, 4) is 5.75 Å². The highest BCUT2D eigenvalue weighted by molar-refractivity contribution is 5.80. The number of hydrogen-bond donors (Lipinski definition) is 1. The maximum absolute atomic E-state index is 12.9. The highest BCUT2D eigenvalue weighted by atomic mass is 19.4. The molecule has 1 amide bonds. The van der Waals surface area contributed by atoms with Crippen LogP contribution in [0.25, 0.3) is 0 Å². The number of hydrogen-bond acceptors (Lipinski definition) is 3.